The highest BCUT2D eigenvalue weighted by atomic mass is 32.2. The molecule has 0 amide bonds. The van der Waals surface area contributed by atoms with Crippen LogP contribution in [0, 0.1) is 19.3 Å². The van der Waals surface area contributed by atoms with Crippen molar-refractivity contribution in [3.63, 3.8) is 0 Å². The first kappa shape index (κ1) is 15.7. The van der Waals surface area contributed by atoms with Crippen molar-refractivity contribution < 1.29 is 4.21 Å². The van der Waals surface area contributed by atoms with Crippen LogP contribution in [0.2, 0.25) is 0 Å². The van der Waals surface area contributed by atoms with Crippen LogP contribution in [-0.4, -0.2) is 22.5 Å². The SMILES string of the molecule is CNC1C(S(=O)Cc2cc(C)cc(C)c2)CCC1(C)C. The lowest BCUT2D eigenvalue weighted by Crippen LogP contribution is -2.44. The minimum absolute atomic E-state index is 0.248. The average Bonchev–Trinajstić information content (AvgIpc) is 2.62. The molecule has 0 aliphatic heterocycles. The molecular formula is C17H27NOS. The molecule has 0 aromatic heterocycles. The molecule has 1 aromatic rings. The topological polar surface area (TPSA) is 29.1 Å². The fourth-order valence-electron chi connectivity index (χ4n) is 3.62. The van der Waals surface area contributed by atoms with Crippen molar-refractivity contribution in [2.75, 3.05) is 7.05 Å². The van der Waals surface area contributed by atoms with Crippen LogP contribution in [0.3, 0.4) is 0 Å². The van der Waals surface area contributed by atoms with Crippen LogP contribution in [0.15, 0.2) is 18.2 Å². The predicted octanol–water partition coefficient (Wildman–Crippen LogP) is 3.33. The van der Waals surface area contributed by atoms with Crippen molar-refractivity contribution in [2.45, 2.75) is 57.6 Å². The minimum Gasteiger partial charge on any atom is -0.315 e. The molecule has 0 spiro atoms. The van der Waals surface area contributed by atoms with Gasteiger partial charge in [-0.25, -0.2) is 0 Å². The normalized spacial score (nSPS) is 26.6. The summed E-state index contributed by atoms with van der Waals surface area (Å²) in [6.07, 6.45) is 2.22. The van der Waals surface area contributed by atoms with Crippen molar-refractivity contribution >= 4 is 10.8 Å². The molecule has 2 rings (SSSR count). The van der Waals surface area contributed by atoms with Crippen LogP contribution in [0.5, 0.6) is 0 Å². The van der Waals surface area contributed by atoms with Gasteiger partial charge in [0.1, 0.15) is 0 Å². The first-order valence-corrected chi connectivity index (χ1v) is 8.83. The first-order chi connectivity index (χ1) is 9.33. The zero-order chi connectivity index (χ0) is 14.9. The Morgan fingerprint density at radius 3 is 2.40 bits per heavy atom. The zero-order valence-electron chi connectivity index (χ0n) is 13.3. The van der Waals surface area contributed by atoms with Gasteiger partial charge in [0.2, 0.25) is 0 Å². The van der Waals surface area contributed by atoms with Crippen LogP contribution in [0.25, 0.3) is 0 Å². The largest absolute Gasteiger partial charge is 0.315 e. The fraction of sp³-hybridized carbons (Fsp3) is 0.647. The quantitative estimate of drug-likeness (QED) is 0.922. The van der Waals surface area contributed by atoms with E-state index in [2.05, 4.69) is 51.2 Å². The molecule has 0 radical (unpaired) electrons. The van der Waals surface area contributed by atoms with Gasteiger partial charge in [-0.15, -0.1) is 0 Å². The average molecular weight is 293 g/mol. The van der Waals surface area contributed by atoms with Crippen LogP contribution in [0.1, 0.15) is 43.4 Å². The number of aryl methyl sites for hydroxylation is 2. The van der Waals surface area contributed by atoms with Crippen molar-refractivity contribution in [2.24, 2.45) is 5.41 Å². The summed E-state index contributed by atoms with van der Waals surface area (Å²) in [6.45, 7) is 8.77. The van der Waals surface area contributed by atoms with Gasteiger partial charge in [-0.1, -0.05) is 43.2 Å². The molecule has 20 heavy (non-hydrogen) atoms. The third-order valence-corrected chi connectivity index (χ3v) is 6.33. The van der Waals surface area contributed by atoms with Gasteiger partial charge < -0.3 is 5.32 Å². The second-order valence-electron chi connectivity index (χ2n) is 6.85. The fourth-order valence-corrected chi connectivity index (χ4v) is 5.52. The maximum Gasteiger partial charge on any atom is 0.0509 e. The van der Waals surface area contributed by atoms with Crippen LogP contribution in [0.4, 0.5) is 0 Å². The second kappa shape index (κ2) is 5.98. The summed E-state index contributed by atoms with van der Waals surface area (Å²) in [7, 11) is 1.20. The summed E-state index contributed by atoms with van der Waals surface area (Å²) < 4.78 is 12.8. The Labute approximate surface area is 125 Å². The van der Waals surface area contributed by atoms with E-state index >= 15 is 0 Å². The molecule has 1 aliphatic carbocycles. The summed E-state index contributed by atoms with van der Waals surface area (Å²) in [5.41, 5.74) is 3.97. The predicted molar refractivity (Wildman–Crippen MR) is 87.4 cm³/mol. The smallest absolute Gasteiger partial charge is 0.0509 e. The minimum atomic E-state index is -0.802. The molecule has 1 saturated carbocycles. The maximum absolute atomic E-state index is 12.8. The highest BCUT2D eigenvalue weighted by Crippen LogP contribution is 2.40. The monoisotopic (exact) mass is 293 g/mol. The van der Waals surface area contributed by atoms with Gasteiger partial charge in [0, 0.05) is 22.6 Å². The number of nitrogens with one attached hydrogen (secondary N) is 1. The maximum atomic E-state index is 12.8. The van der Waals surface area contributed by atoms with Crippen LogP contribution < -0.4 is 5.32 Å². The standard InChI is InChI=1S/C17H27NOS/c1-12-8-13(2)10-14(9-12)11-20(19)15-6-7-17(3,4)16(15)18-5/h8-10,15-16,18H,6-7,11H2,1-5H3. The second-order valence-corrected chi connectivity index (χ2v) is 8.51. The van der Waals surface area contributed by atoms with E-state index in [1.807, 2.05) is 7.05 Å². The molecule has 3 atom stereocenters. The van der Waals surface area contributed by atoms with Gasteiger partial charge >= 0.3 is 0 Å². The number of hydrogen-bond acceptors (Lipinski definition) is 2. The van der Waals surface area contributed by atoms with E-state index in [0.29, 0.717) is 11.8 Å². The molecule has 1 fully saturated rings. The number of rotatable bonds is 4. The van der Waals surface area contributed by atoms with Gasteiger partial charge in [-0.2, -0.15) is 0 Å². The van der Waals surface area contributed by atoms with E-state index in [9.17, 15) is 4.21 Å². The van der Waals surface area contributed by atoms with Crippen LogP contribution >= 0.6 is 0 Å². The van der Waals surface area contributed by atoms with Crippen molar-refractivity contribution in [1.29, 1.82) is 0 Å². The molecule has 2 nitrogen and oxygen atoms in total. The van der Waals surface area contributed by atoms with Gasteiger partial charge in [0.25, 0.3) is 0 Å². The summed E-state index contributed by atoms with van der Waals surface area (Å²) in [5.74, 6) is 0.682. The molecular weight excluding hydrogens is 266 g/mol. The third-order valence-electron chi connectivity index (χ3n) is 4.53. The summed E-state index contributed by atoms with van der Waals surface area (Å²) in [6, 6.07) is 6.86. The zero-order valence-corrected chi connectivity index (χ0v) is 14.1. The molecule has 0 heterocycles. The van der Waals surface area contributed by atoms with Gasteiger partial charge in [-0.3, -0.25) is 4.21 Å². The van der Waals surface area contributed by atoms with E-state index in [0.717, 1.165) is 12.8 Å². The number of benzene rings is 1. The lowest BCUT2D eigenvalue weighted by atomic mass is 9.87. The lowest BCUT2D eigenvalue weighted by molar-refractivity contribution is 0.299. The molecule has 112 valence electrons. The molecule has 3 unspecified atom stereocenters. The molecule has 1 aromatic carbocycles. The number of hydrogen-bond donors (Lipinski definition) is 1. The van der Waals surface area contributed by atoms with E-state index in [-0.39, 0.29) is 10.7 Å². The molecule has 1 N–H and O–H groups in total. The summed E-state index contributed by atoms with van der Waals surface area (Å²) in [4.78, 5) is 0. The van der Waals surface area contributed by atoms with Crippen molar-refractivity contribution in [3.8, 4) is 0 Å². The van der Waals surface area contributed by atoms with E-state index in [1.165, 1.54) is 16.7 Å². The Hall–Kier alpha value is -0.670. The van der Waals surface area contributed by atoms with Gasteiger partial charge in [0.15, 0.2) is 0 Å². The molecule has 3 heteroatoms. The molecule has 0 bridgehead atoms. The Kier molecular flexibility index (Phi) is 4.70. The Bertz CT molecular complexity index is 489. The Balaban J connectivity index is 2.12. The van der Waals surface area contributed by atoms with Gasteiger partial charge in [0.05, 0.1) is 5.25 Å². The molecule has 1 aliphatic rings. The Morgan fingerprint density at radius 2 is 1.85 bits per heavy atom. The summed E-state index contributed by atoms with van der Waals surface area (Å²) in [5, 5.41) is 3.67. The highest BCUT2D eigenvalue weighted by Gasteiger charge is 2.43. The summed E-state index contributed by atoms with van der Waals surface area (Å²) >= 11 is 0. The molecule has 0 saturated heterocycles. The lowest BCUT2D eigenvalue weighted by Gasteiger charge is -2.30. The van der Waals surface area contributed by atoms with Crippen molar-refractivity contribution in [1.82, 2.24) is 5.32 Å². The first-order valence-electron chi connectivity index (χ1n) is 7.45. The van der Waals surface area contributed by atoms with E-state index in [1.54, 1.807) is 0 Å². The van der Waals surface area contributed by atoms with Gasteiger partial charge in [-0.05, 0) is 44.7 Å². The van der Waals surface area contributed by atoms with Crippen LogP contribution in [-0.2, 0) is 16.6 Å². The Morgan fingerprint density at radius 1 is 1.25 bits per heavy atom. The van der Waals surface area contributed by atoms with E-state index in [4.69, 9.17) is 0 Å². The van der Waals surface area contributed by atoms with E-state index < -0.39 is 10.8 Å². The highest BCUT2D eigenvalue weighted by molar-refractivity contribution is 7.84. The third kappa shape index (κ3) is 3.32. The van der Waals surface area contributed by atoms with Crippen molar-refractivity contribution in [3.05, 3.63) is 34.9 Å².